The molecule has 0 spiro atoms. The molecule has 30 heavy (non-hydrogen) atoms. The monoisotopic (exact) mass is 409 g/mol. The van der Waals surface area contributed by atoms with E-state index < -0.39 is 0 Å². The second kappa shape index (κ2) is 7.49. The number of furan rings is 1. The quantitative estimate of drug-likeness (QED) is 0.718. The molecule has 1 aromatic carbocycles. The van der Waals surface area contributed by atoms with E-state index in [4.69, 9.17) is 9.15 Å². The van der Waals surface area contributed by atoms with Gasteiger partial charge in [0.2, 0.25) is 0 Å². The fourth-order valence-electron chi connectivity index (χ4n) is 6.10. The third-order valence-electron chi connectivity index (χ3n) is 6.96. The molecule has 0 atom stereocenters. The topological polar surface area (TPSA) is 77.8 Å². The molecular formula is C24H27NO5. The summed E-state index contributed by atoms with van der Waals surface area (Å²) in [6, 6.07) is 10.2. The molecule has 6 nitrogen and oxygen atoms in total. The molecule has 0 radical (unpaired) electrons. The van der Waals surface area contributed by atoms with Crippen LogP contribution in [0.3, 0.4) is 0 Å². The van der Waals surface area contributed by atoms with Crippen LogP contribution in [0, 0.1) is 17.8 Å². The average Bonchev–Trinajstić information content (AvgIpc) is 3.20. The average molecular weight is 409 g/mol. The molecule has 4 fully saturated rings. The van der Waals surface area contributed by atoms with E-state index in [-0.39, 0.29) is 24.0 Å². The molecular weight excluding hydrogens is 382 g/mol. The van der Waals surface area contributed by atoms with Gasteiger partial charge in [0.15, 0.2) is 5.76 Å². The van der Waals surface area contributed by atoms with E-state index in [1.165, 1.54) is 26.4 Å². The number of hydrogen-bond donors (Lipinski definition) is 1. The Morgan fingerprint density at radius 3 is 2.23 bits per heavy atom. The fourth-order valence-corrected chi connectivity index (χ4v) is 6.10. The van der Waals surface area contributed by atoms with Crippen LogP contribution in [0.4, 0.5) is 0 Å². The summed E-state index contributed by atoms with van der Waals surface area (Å²) in [5.41, 5.74) is 0.433. The van der Waals surface area contributed by atoms with E-state index in [0.29, 0.717) is 22.8 Å². The van der Waals surface area contributed by atoms with E-state index in [9.17, 15) is 9.59 Å². The maximum Gasteiger partial charge on any atom is 0.337 e. The number of carbonyl (C=O) groups excluding carboxylic acids is 2. The van der Waals surface area contributed by atoms with Crippen LogP contribution >= 0.6 is 0 Å². The highest BCUT2D eigenvalue weighted by Crippen LogP contribution is 2.55. The Balaban J connectivity index is 1.18. The number of ether oxygens (including phenoxy) is 2. The lowest BCUT2D eigenvalue weighted by Crippen LogP contribution is -2.59. The van der Waals surface area contributed by atoms with Gasteiger partial charge in [-0.2, -0.15) is 0 Å². The van der Waals surface area contributed by atoms with Gasteiger partial charge in [-0.3, -0.25) is 4.79 Å². The molecule has 6 heteroatoms. The Bertz CT molecular complexity index is 909. The molecule has 1 heterocycles. The molecule has 2 aromatic rings. The Hall–Kier alpha value is -2.76. The van der Waals surface area contributed by atoms with Crippen molar-refractivity contribution in [3.8, 4) is 5.75 Å². The van der Waals surface area contributed by atoms with Crippen LogP contribution in [-0.4, -0.2) is 24.5 Å². The van der Waals surface area contributed by atoms with E-state index in [0.717, 1.165) is 37.0 Å². The summed E-state index contributed by atoms with van der Waals surface area (Å²) in [5, 5.41) is 3.33. The van der Waals surface area contributed by atoms with Gasteiger partial charge < -0.3 is 19.2 Å². The Morgan fingerprint density at radius 1 is 1.00 bits per heavy atom. The lowest BCUT2D eigenvalue weighted by atomic mass is 9.53. The van der Waals surface area contributed by atoms with Crippen LogP contribution in [0.2, 0.25) is 0 Å². The number of esters is 1. The smallest absolute Gasteiger partial charge is 0.337 e. The lowest BCUT2D eigenvalue weighted by molar-refractivity contribution is -0.0171. The summed E-state index contributed by atoms with van der Waals surface area (Å²) in [6.07, 6.45) is 7.38. The maximum atomic E-state index is 12.9. The van der Waals surface area contributed by atoms with E-state index in [2.05, 4.69) is 10.1 Å². The highest BCUT2D eigenvalue weighted by atomic mass is 16.5. The van der Waals surface area contributed by atoms with Crippen LogP contribution in [0.15, 0.2) is 40.8 Å². The minimum atomic E-state index is -0.387. The molecule has 1 amide bonds. The first-order valence-corrected chi connectivity index (χ1v) is 10.7. The molecule has 1 aromatic heterocycles. The zero-order chi connectivity index (χ0) is 20.7. The summed E-state index contributed by atoms with van der Waals surface area (Å²) >= 11 is 0. The van der Waals surface area contributed by atoms with Gasteiger partial charge in [0, 0.05) is 5.54 Å². The highest BCUT2D eigenvalue weighted by Gasteiger charge is 2.51. The summed E-state index contributed by atoms with van der Waals surface area (Å²) in [5.74, 6) is 3.37. The van der Waals surface area contributed by atoms with E-state index in [1.54, 1.807) is 36.4 Å². The standard InChI is InChI=1S/C24H27NO5/c1-28-23(27)18-2-4-19(5-3-18)29-14-20-6-7-21(30-20)22(26)25-24-11-15-8-16(12-24)10-17(9-15)13-24/h2-7,15-17H,8-14H2,1H3,(H,25,26). The first-order valence-electron chi connectivity index (χ1n) is 10.7. The van der Waals surface area contributed by atoms with Crippen LogP contribution in [0.5, 0.6) is 5.75 Å². The molecule has 158 valence electrons. The number of hydrogen-bond acceptors (Lipinski definition) is 5. The number of carbonyl (C=O) groups is 2. The number of methoxy groups -OCH3 is 1. The third-order valence-corrected chi connectivity index (χ3v) is 6.96. The summed E-state index contributed by atoms with van der Waals surface area (Å²) in [7, 11) is 1.35. The number of rotatable bonds is 6. The Labute approximate surface area is 175 Å². The minimum absolute atomic E-state index is 0.0311. The van der Waals surface area contributed by atoms with Crippen molar-refractivity contribution < 1.29 is 23.5 Å². The van der Waals surface area contributed by atoms with E-state index >= 15 is 0 Å². The second-order valence-corrected chi connectivity index (χ2v) is 9.22. The molecule has 0 aliphatic heterocycles. The first-order chi connectivity index (χ1) is 14.5. The van der Waals surface area contributed by atoms with Gasteiger partial charge in [-0.25, -0.2) is 4.79 Å². The van der Waals surface area contributed by atoms with Crippen molar-refractivity contribution in [3.05, 3.63) is 53.5 Å². The van der Waals surface area contributed by atoms with Crippen LogP contribution in [0.1, 0.15) is 65.2 Å². The van der Waals surface area contributed by atoms with Gasteiger partial charge in [0.05, 0.1) is 12.7 Å². The largest absolute Gasteiger partial charge is 0.486 e. The van der Waals surface area contributed by atoms with Crippen molar-refractivity contribution in [3.63, 3.8) is 0 Å². The Kier molecular flexibility index (Phi) is 4.80. The van der Waals surface area contributed by atoms with Crippen LogP contribution in [-0.2, 0) is 11.3 Å². The van der Waals surface area contributed by atoms with Gasteiger partial charge >= 0.3 is 5.97 Å². The SMILES string of the molecule is COC(=O)c1ccc(OCc2ccc(C(=O)NC34CC5CC(CC(C5)C3)C4)o2)cc1. The van der Waals surface area contributed by atoms with Crippen molar-refractivity contribution in [1.29, 1.82) is 0 Å². The molecule has 4 aliphatic carbocycles. The number of benzene rings is 1. The molecule has 4 saturated carbocycles. The van der Waals surface area contributed by atoms with Crippen molar-refractivity contribution >= 4 is 11.9 Å². The maximum absolute atomic E-state index is 12.9. The van der Waals surface area contributed by atoms with Crippen LogP contribution < -0.4 is 10.1 Å². The summed E-state index contributed by atoms with van der Waals surface area (Å²) in [4.78, 5) is 24.3. The Morgan fingerprint density at radius 2 is 1.63 bits per heavy atom. The normalized spacial score (nSPS) is 28.9. The molecule has 0 unspecified atom stereocenters. The van der Waals surface area contributed by atoms with Gasteiger partial charge in [-0.15, -0.1) is 0 Å². The van der Waals surface area contributed by atoms with Gasteiger partial charge in [0.1, 0.15) is 18.1 Å². The van der Waals surface area contributed by atoms with Crippen molar-refractivity contribution in [2.24, 2.45) is 17.8 Å². The third kappa shape index (κ3) is 3.71. The predicted octanol–water partition coefficient (Wildman–Crippen LogP) is 4.34. The predicted molar refractivity (Wildman–Crippen MR) is 109 cm³/mol. The first kappa shape index (κ1) is 19.2. The van der Waals surface area contributed by atoms with Crippen LogP contribution in [0.25, 0.3) is 0 Å². The second-order valence-electron chi connectivity index (χ2n) is 9.22. The van der Waals surface area contributed by atoms with Crippen molar-refractivity contribution in [2.45, 2.75) is 50.7 Å². The lowest BCUT2D eigenvalue weighted by Gasteiger charge is -2.56. The molecule has 4 aliphatic rings. The van der Waals surface area contributed by atoms with Gasteiger partial charge in [0.25, 0.3) is 5.91 Å². The van der Waals surface area contributed by atoms with Crippen molar-refractivity contribution in [2.75, 3.05) is 7.11 Å². The van der Waals surface area contributed by atoms with Gasteiger partial charge in [-0.05, 0) is 92.7 Å². The molecule has 4 bridgehead atoms. The zero-order valence-electron chi connectivity index (χ0n) is 17.2. The molecule has 6 rings (SSSR count). The fraction of sp³-hybridized carbons (Fsp3) is 0.500. The molecule has 0 saturated heterocycles. The van der Waals surface area contributed by atoms with Gasteiger partial charge in [-0.1, -0.05) is 0 Å². The minimum Gasteiger partial charge on any atom is -0.486 e. The number of amides is 1. The number of nitrogens with one attached hydrogen (secondary N) is 1. The van der Waals surface area contributed by atoms with Crippen molar-refractivity contribution in [1.82, 2.24) is 5.32 Å². The summed E-state index contributed by atoms with van der Waals surface area (Å²) in [6.45, 7) is 0.211. The molecule has 1 N–H and O–H groups in total. The van der Waals surface area contributed by atoms with E-state index in [1.807, 2.05) is 0 Å². The highest BCUT2D eigenvalue weighted by molar-refractivity contribution is 5.92. The summed E-state index contributed by atoms with van der Waals surface area (Å²) < 4.78 is 16.1. The zero-order valence-corrected chi connectivity index (χ0v) is 17.2.